The molecule has 0 aromatic heterocycles. The van der Waals surface area contributed by atoms with Gasteiger partial charge in [-0.3, -0.25) is 9.59 Å². The minimum atomic E-state index is -0.725. The number of nitrogens with one attached hydrogen (secondary N) is 1. The van der Waals surface area contributed by atoms with Crippen LogP contribution in [-0.2, 0) is 22.6 Å². The Morgan fingerprint density at radius 2 is 1.75 bits per heavy atom. The largest absolute Gasteiger partial charge is 0.350 e. The number of benzene rings is 2. The summed E-state index contributed by atoms with van der Waals surface area (Å²) in [5, 5.41) is 3.09. The van der Waals surface area contributed by atoms with Crippen LogP contribution in [0.5, 0.6) is 0 Å². The average molecular weight is 405 g/mol. The summed E-state index contributed by atoms with van der Waals surface area (Å²) in [6.07, 6.45) is -0.217. The van der Waals surface area contributed by atoms with Crippen LogP contribution in [0.15, 0.2) is 48.5 Å². The molecule has 2 amide bonds. The van der Waals surface area contributed by atoms with E-state index in [0.29, 0.717) is 0 Å². The van der Waals surface area contributed by atoms with E-state index in [1.165, 1.54) is 17.0 Å². The molecule has 0 fully saturated rings. The molecular weight excluding hydrogens is 379 g/mol. The molecule has 0 bridgehead atoms. The van der Waals surface area contributed by atoms with E-state index in [2.05, 4.69) is 5.32 Å². The van der Waals surface area contributed by atoms with Gasteiger partial charge in [-0.1, -0.05) is 48.0 Å². The molecule has 0 aliphatic rings. The molecule has 0 aliphatic heterocycles. The number of halogens is 2. The summed E-state index contributed by atoms with van der Waals surface area (Å²) in [7, 11) is 0. The highest BCUT2D eigenvalue weighted by Gasteiger charge is 2.29. The molecule has 0 spiro atoms. The van der Waals surface area contributed by atoms with Gasteiger partial charge in [0.1, 0.15) is 11.9 Å². The van der Waals surface area contributed by atoms with E-state index >= 15 is 0 Å². The summed E-state index contributed by atoms with van der Waals surface area (Å²) in [4.78, 5) is 27.2. The smallest absolute Gasteiger partial charge is 0.242 e. The number of nitrogens with zero attached hydrogens (tertiary/aromatic N) is 1. The molecule has 2 aromatic carbocycles. The van der Waals surface area contributed by atoms with E-state index in [-0.39, 0.29) is 35.4 Å². The molecule has 0 heterocycles. The maximum absolute atomic E-state index is 14.1. The van der Waals surface area contributed by atoms with Crippen LogP contribution in [-0.4, -0.2) is 28.3 Å². The number of hydrogen-bond acceptors (Lipinski definition) is 2. The first-order valence-electron chi connectivity index (χ1n) is 9.17. The van der Waals surface area contributed by atoms with Crippen LogP contribution in [0.1, 0.15) is 38.8 Å². The standard InChI is InChI=1S/C22H26ClFN2O2/c1-15(21(28)25-22(2,3)4)26(14-16-9-6-5-7-10-16)20(27)13-17-18(23)11-8-12-19(17)24/h5-12,15H,13-14H2,1-4H3,(H,25,28)/t15-/m1/s1. The lowest BCUT2D eigenvalue weighted by atomic mass is 10.1. The summed E-state index contributed by atoms with van der Waals surface area (Å²) < 4.78 is 14.1. The average Bonchev–Trinajstić information content (AvgIpc) is 2.61. The van der Waals surface area contributed by atoms with E-state index in [0.717, 1.165) is 5.56 Å². The Bertz CT molecular complexity index is 814. The van der Waals surface area contributed by atoms with E-state index < -0.39 is 17.4 Å². The Kier molecular flexibility index (Phi) is 7.19. The van der Waals surface area contributed by atoms with Gasteiger partial charge in [0.25, 0.3) is 0 Å². The number of hydrogen-bond donors (Lipinski definition) is 1. The molecule has 0 unspecified atom stereocenters. The lowest BCUT2D eigenvalue weighted by molar-refractivity contribution is -0.140. The van der Waals surface area contributed by atoms with Crippen molar-refractivity contribution in [1.82, 2.24) is 10.2 Å². The Balaban J connectivity index is 2.29. The highest BCUT2D eigenvalue weighted by molar-refractivity contribution is 6.31. The fraction of sp³-hybridized carbons (Fsp3) is 0.364. The normalized spacial score (nSPS) is 12.4. The van der Waals surface area contributed by atoms with E-state index in [1.807, 2.05) is 51.1 Å². The number of rotatable bonds is 6. The summed E-state index contributed by atoms with van der Waals surface area (Å²) in [5.74, 6) is -1.17. The van der Waals surface area contributed by atoms with Gasteiger partial charge in [0.05, 0.1) is 6.42 Å². The molecule has 0 saturated carbocycles. The zero-order valence-corrected chi connectivity index (χ0v) is 17.4. The van der Waals surface area contributed by atoms with Crippen LogP contribution in [0.3, 0.4) is 0 Å². The quantitative estimate of drug-likeness (QED) is 0.777. The number of amides is 2. The first kappa shape index (κ1) is 21.9. The highest BCUT2D eigenvalue weighted by Crippen LogP contribution is 2.21. The van der Waals surface area contributed by atoms with Crippen LogP contribution in [0.25, 0.3) is 0 Å². The van der Waals surface area contributed by atoms with Gasteiger partial charge in [0.15, 0.2) is 0 Å². The maximum Gasteiger partial charge on any atom is 0.242 e. The predicted molar refractivity (Wildman–Crippen MR) is 109 cm³/mol. The Morgan fingerprint density at radius 1 is 1.11 bits per heavy atom. The van der Waals surface area contributed by atoms with Gasteiger partial charge in [-0.15, -0.1) is 0 Å². The van der Waals surface area contributed by atoms with E-state index in [4.69, 9.17) is 11.6 Å². The predicted octanol–water partition coefficient (Wildman–Crippen LogP) is 4.35. The van der Waals surface area contributed by atoms with Crippen molar-refractivity contribution in [1.29, 1.82) is 0 Å². The third-order valence-electron chi connectivity index (χ3n) is 4.25. The molecule has 150 valence electrons. The minimum absolute atomic E-state index is 0.135. The van der Waals surface area contributed by atoms with Crippen LogP contribution in [0.2, 0.25) is 5.02 Å². The maximum atomic E-state index is 14.1. The SMILES string of the molecule is C[C@H](C(=O)NC(C)(C)C)N(Cc1ccccc1)C(=O)Cc1c(F)cccc1Cl. The Morgan fingerprint density at radius 3 is 2.32 bits per heavy atom. The zero-order valence-electron chi connectivity index (χ0n) is 16.6. The van der Waals surface area contributed by atoms with Crippen molar-refractivity contribution in [3.8, 4) is 0 Å². The van der Waals surface area contributed by atoms with Gasteiger partial charge < -0.3 is 10.2 Å². The van der Waals surface area contributed by atoms with Crippen molar-refractivity contribution in [2.75, 3.05) is 0 Å². The van der Waals surface area contributed by atoms with E-state index in [9.17, 15) is 14.0 Å². The van der Waals surface area contributed by atoms with Crippen LogP contribution < -0.4 is 5.32 Å². The first-order valence-corrected chi connectivity index (χ1v) is 9.54. The van der Waals surface area contributed by atoms with E-state index in [1.54, 1.807) is 13.0 Å². The molecule has 28 heavy (non-hydrogen) atoms. The molecule has 2 rings (SSSR count). The molecule has 0 aliphatic carbocycles. The van der Waals surface area contributed by atoms with Gasteiger partial charge >= 0.3 is 0 Å². The number of carbonyl (C=O) groups excluding carboxylic acids is 2. The third kappa shape index (κ3) is 6.06. The zero-order chi connectivity index (χ0) is 20.9. The molecule has 2 aromatic rings. The molecule has 1 N–H and O–H groups in total. The fourth-order valence-corrected chi connectivity index (χ4v) is 3.02. The second-order valence-corrected chi connectivity index (χ2v) is 8.21. The van der Waals surface area contributed by atoms with Crippen molar-refractivity contribution in [2.24, 2.45) is 0 Å². The van der Waals surface area contributed by atoms with Crippen molar-refractivity contribution in [2.45, 2.75) is 52.2 Å². The summed E-state index contributed by atoms with van der Waals surface area (Å²) in [5.41, 5.74) is 0.586. The molecule has 0 radical (unpaired) electrons. The summed E-state index contributed by atoms with van der Waals surface area (Å²) in [6, 6.07) is 13.0. The van der Waals surface area contributed by atoms with Crippen molar-refractivity contribution in [3.05, 3.63) is 70.5 Å². The topological polar surface area (TPSA) is 49.4 Å². The van der Waals surface area contributed by atoms with Crippen molar-refractivity contribution in [3.63, 3.8) is 0 Å². The van der Waals surface area contributed by atoms with Gasteiger partial charge in [0.2, 0.25) is 11.8 Å². The van der Waals surface area contributed by atoms with Crippen molar-refractivity contribution >= 4 is 23.4 Å². The Labute approximate surface area is 170 Å². The lowest BCUT2D eigenvalue weighted by Gasteiger charge is -2.31. The summed E-state index contributed by atoms with van der Waals surface area (Å²) in [6.45, 7) is 7.54. The van der Waals surface area contributed by atoms with Gasteiger partial charge in [0, 0.05) is 22.7 Å². The molecule has 4 nitrogen and oxygen atoms in total. The van der Waals surface area contributed by atoms with Crippen LogP contribution in [0.4, 0.5) is 4.39 Å². The lowest BCUT2D eigenvalue weighted by Crippen LogP contribution is -2.52. The second kappa shape index (κ2) is 9.20. The molecule has 0 saturated heterocycles. The summed E-state index contributed by atoms with van der Waals surface area (Å²) >= 11 is 6.08. The highest BCUT2D eigenvalue weighted by atomic mass is 35.5. The van der Waals surface area contributed by atoms with Crippen LogP contribution in [0, 0.1) is 5.82 Å². The second-order valence-electron chi connectivity index (χ2n) is 7.80. The molecular formula is C22H26ClFN2O2. The number of carbonyl (C=O) groups is 2. The van der Waals surface area contributed by atoms with Crippen molar-refractivity contribution < 1.29 is 14.0 Å². The fourth-order valence-electron chi connectivity index (χ4n) is 2.79. The Hall–Kier alpha value is -2.40. The molecule has 6 heteroatoms. The first-order chi connectivity index (χ1) is 13.1. The van der Waals surface area contributed by atoms with Gasteiger partial charge in [-0.2, -0.15) is 0 Å². The van der Waals surface area contributed by atoms with Gasteiger partial charge in [-0.25, -0.2) is 4.39 Å². The van der Waals surface area contributed by atoms with Crippen LogP contribution >= 0.6 is 11.6 Å². The van der Waals surface area contributed by atoms with Gasteiger partial charge in [-0.05, 0) is 45.4 Å². The minimum Gasteiger partial charge on any atom is -0.350 e. The molecule has 1 atom stereocenters. The third-order valence-corrected chi connectivity index (χ3v) is 4.61. The monoisotopic (exact) mass is 404 g/mol.